The number of amides is 2. The van der Waals surface area contributed by atoms with E-state index in [1.807, 2.05) is 48.5 Å². The standard InChI is InChI=1S/C22H20N4O6/c23-18(27)10-19-25-20(32-26-19)9-17(21(28)29)24-22(30)31-11-16-14-7-3-1-5-12(14)13-6-2-4-8-15(13)16/h1-8,16-17H,9-11H2,(H2,23,27)(H,24,30)(H,28,29)/t17-/m0/s1. The second kappa shape index (κ2) is 8.88. The van der Waals surface area contributed by atoms with Crippen LogP contribution in [0.5, 0.6) is 0 Å². The molecule has 0 fully saturated rings. The van der Waals surface area contributed by atoms with Crippen molar-refractivity contribution in [3.63, 3.8) is 0 Å². The van der Waals surface area contributed by atoms with E-state index in [1.165, 1.54) is 0 Å². The number of nitrogens with one attached hydrogen (secondary N) is 1. The zero-order valence-electron chi connectivity index (χ0n) is 16.9. The number of ether oxygens (including phenoxy) is 1. The second-order valence-electron chi connectivity index (χ2n) is 7.31. The Balaban J connectivity index is 1.40. The molecule has 2 amide bonds. The average Bonchev–Trinajstić information content (AvgIpc) is 3.33. The zero-order chi connectivity index (χ0) is 22.7. The third kappa shape index (κ3) is 4.43. The first-order valence-electron chi connectivity index (χ1n) is 9.86. The maximum Gasteiger partial charge on any atom is 0.407 e. The van der Waals surface area contributed by atoms with E-state index in [-0.39, 0.29) is 37.1 Å². The molecule has 1 aliphatic rings. The highest BCUT2D eigenvalue weighted by atomic mass is 16.5. The van der Waals surface area contributed by atoms with Gasteiger partial charge >= 0.3 is 12.1 Å². The van der Waals surface area contributed by atoms with Gasteiger partial charge in [0.05, 0.1) is 12.8 Å². The lowest BCUT2D eigenvalue weighted by Gasteiger charge is -2.16. The minimum absolute atomic E-state index is 0.0396. The summed E-state index contributed by atoms with van der Waals surface area (Å²) >= 11 is 0. The van der Waals surface area contributed by atoms with E-state index in [1.54, 1.807) is 0 Å². The van der Waals surface area contributed by atoms with Crippen molar-refractivity contribution in [1.29, 1.82) is 0 Å². The molecule has 1 aliphatic carbocycles. The highest BCUT2D eigenvalue weighted by Crippen LogP contribution is 2.44. The van der Waals surface area contributed by atoms with Crippen molar-refractivity contribution in [1.82, 2.24) is 15.5 Å². The molecule has 0 unspecified atom stereocenters. The first-order chi connectivity index (χ1) is 15.4. The molecule has 0 aliphatic heterocycles. The first kappa shape index (κ1) is 21.0. The minimum atomic E-state index is -1.35. The number of nitrogens with two attached hydrogens (primary N) is 1. The van der Waals surface area contributed by atoms with Gasteiger partial charge < -0.3 is 25.4 Å². The number of nitrogens with zero attached hydrogens (tertiary/aromatic N) is 2. The fourth-order valence-corrected chi connectivity index (χ4v) is 3.76. The highest BCUT2D eigenvalue weighted by molar-refractivity contribution is 5.81. The molecule has 4 N–H and O–H groups in total. The van der Waals surface area contributed by atoms with Crippen LogP contribution in [-0.2, 0) is 27.2 Å². The van der Waals surface area contributed by atoms with Crippen LogP contribution in [0.4, 0.5) is 4.79 Å². The molecule has 0 saturated heterocycles. The Hall–Kier alpha value is -4.21. The number of benzene rings is 2. The zero-order valence-corrected chi connectivity index (χ0v) is 16.9. The molecule has 1 heterocycles. The Labute approximate surface area is 182 Å². The Kier molecular flexibility index (Phi) is 5.84. The minimum Gasteiger partial charge on any atom is -0.480 e. The molecular weight excluding hydrogens is 416 g/mol. The third-order valence-electron chi connectivity index (χ3n) is 5.16. The SMILES string of the molecule is NC(=O)Cc1noc(C[C@H](NC(=O)OCC2c3ccccc3-c3ccccc32)C(=O)O)n1. The van der Waals surface area contributed by atoms with Crippen molar-refractivity contribution in [3.05, 3.63) is 71.4 Å². The number of carboxylic acid groups (broad SMARTS) is 1. The van der Waals surface area contributed by atoms with E-state index < -0.39 is 24.0 Å². The van der Waals surface area contributed by atoms with Gasteiger partial charge in [-0.1, -0.05) is 53.7 Å². The summed E-state index contributed by atoms with van der Waals surface area (Å²) in [7, 11) is 0. The summed E-state index contributed by atoms with van der Waals surface area (Å²) in [5.41, 5.74) is 9.33. The first-order valence-corrected chi connectivity index (χ1v) is 9.86. The predicted molar refractivity (Wildman–Crippen MR) is 111 cm³/mol. The van der Waals surface area contributed by atoms with Crippen molar-refractivity contribution in [3.8, 4) is 11.1 Å². The normalized spacial score (nSPS) is 13.1. The van der Waals surface area contributed by atoms with E-state index in [0.29, 0.717) is 0 Å². The molecular formula is C22H20N4O6. The van der Waals surface area contributed by atoms with Crippen molar-refractivity contribution in [2.75, 3.05) is 6.61 Å². The van der Waals surface area contributed by atoms with Gasteiger partial charge in [0.1, 0.15) is 12.6 Å². The van der Waals surface area contributed by atoms with E-state index in [0.717, 1.165) is 22.3 Å². The molecule has 164 valence electrons. The molecule has 10 nitrogen and oxygen atoms in total. The molecule has 0 spiro atoms. The van der Waals surface area contributed by atoms with Gasteiger partial charge in [0.15, 0.2) is 5.82 Å². The van der Waals surface area contributed by atoms with Crippen molar-refractivity contribution < 1.29 is 28.8 Å². The lowest BCUT2D eigenvalue weighted by Crippen LogP contribution is -2.43. The quantitative estimate of drug-likeness (QED) is 0.481. The molecule has 1 atom stereocenters. The Morgan fingerprint density at radius 1 is 1.09 bits per heavy atom. The summed E-state index contributed by atoms with van der Waals surface area (Å²) in [6, 6.07) is 14.4. The van der Waals surface area contributed by atoms with Crippen LogP contribution in [0.3, 0.4) is 0 Å². The summed E-state index contributed by atoms with van der Waals surface area (Å²) < 4.78 is 10.3. The summed E-state index contributed by atoms with van der Waals surface area (Å²) in [5, 5.41) is 15.3. The number of aliphatic carboxylic acids is 1. The number of rotatable bonds is 8. The van der Waals surface area contributed by atoms with Crippen molar-refractivity contribution in [2.45, 2.75) is 24.8 Å². The lowest BCUT2D eigenvalue weighted by molar-refractivity contribution is -0.139. The second-order valence-corrected chi connectivity index (χ2v) is 7.31. The summed E-state index contributed by atoms with van der Waals surface area (Å²) in [6.07, 6.45) is -1.39. The van der Waals surface area contributed by atoms with Gasteiger partial charge in [0.2, 0.25) is 11.8 Å². The number of fused-ring (bicyclic) bond motifs is 3. The van der Waals surface area contributed by atoms with Crippen LogP contribution in [0.15, 0.2) is 53.1 Å². The number of carboxylic acids is 1. The number of carbonyl (C=O) groups excluding carboxylic acids is 2. The third-order valence-corrected chi connectivity index (χ3v) is 5.16. The van der Waals surface area contributed by atoms with E-state index in [2.05, 4.69) is 15.5 Å². The summed E-state index contributed by atoms with van der Waals surface area (Å²) in [4.78, 5) is 38.8. The van der Waals surface area contributed by atoms with Gasteiger partial charge in [-0.05, 0) is 22.3 Å². The topological polar surface area (TPSA) is 158 Å². The number of hydrogen-bond acceptors (Lipinski definition) is 7. The molecule has 1 aromatic heterocycles. The van der Waals surface area contributed by atoms with Crippen LogP contribution in [-0.4, -0.2) is 45.9 Å². The molecule has 0 bridgehead atoms. The molecule has 3 aromatic rings. The molecule has 0 saturated carbocycles. The smallest absolute Gasteiger partial charge is 0.407 e. The molecule has 4 rings (SSSR count). The van der Waals surface area contributed by atoms with Gasteiger partial charge in [-0.2, -0.15) is 4.98 Å². The Morgan fingerprint density at radius 2 is 1.72 bits per heavy atom. The monoisotopic (exact) mass is 436 g/mol. The molecule has 32 heavy (non-hydrogen) atoms. The van der Waals surface area contributed by atoms with Gasteiger partial charge in [-0.15, -0.1) is 0 Å². The van der Waals surface area contributed by atoms with Gasteiger partial charge in [0.25, 0.3) is 0 Å². The van der Waals surface area contributed by atoms with Gasteiger partial charge in [-0.25, -0.2) is 9.59 Å². The van der Waals surface area contributed by atoms with E-state index >= 15 is 0 Å². The van der Waals surface area contributed by atoms with E-state index in [4.69, 9.17) is 15.0 Å². The fourth-order valence-electron chi connectivity index (χ4n) is 3.76. The highest BCUT2D eigenvalue weighted by Gasteiger charge is 2.30. The van der Waals surface area contributed by atoms with E-state index in [9.17, 15) is 19.5 Å². The number of carbonyl (C=O) groups is 3. The largest absolute Gasteiger partial charge is 0.480 e. The predicted octanol–water partition coefficient (Wildman–Crippen LogP) is 1.63. The van der Waals surface area contributed by atoms with Crippen LogP contribution >= 0.6 is 0 Å². The maximum atomic E-state index is 12.4. The average molecular weight is 436 g/mol. The van der Waals surface area contributed by atoms with Crippen molar-refractivity contribution >= 4 is 18.0 Å². The molecule has 10 heteroatoms. The maximum absolute atomic E-state index is 12.4. The fraction of sp³-hybridized carbons (Fsp3) is 0.227. The van der Waals surface area contributed by atoms with Crippen LogP contribution in [0.25, 0.3) is 11.1 Å². The Morgan fingerprint density at radius 3 is 2.31 bits per heavy atom. The van der Waals surface area contributed by atoms with Gasteiger partial charge in [-0.3, -0.25) is 4.79 Å². The number of alkyl carbamates (subject to hydrolysis) is 1. The lowest BCUT2D eigenvalue weighted by atomic mass is 9.98. The summed E-state index contributed by atoms with van der Waals surface area (Å²) in [6.45, 7) is 0.0511. The number of aromatic nitrogens is 2. The van der Waals surface area contributed by atoms with Crippen LogP contribution in [0, 0.1) is 0 Å². The van der Waals surface area contributed by atoms with Crippen molar-refractivity contribution in [2.24, 2.45) is 5.73 Å². The molecule has 0 radical (unpaired) electrons. The van der Waals surface area contributed by atoms with Crippen LogP contribution in [0.2, 0.25) is 0 Å². The molecule has 2 aromatic carbocycles. The summed E-state index contributed by atoms with van der Waals surface area (Å²) in [5.74, 6) is -2.11. The Bertz CT molecular complexity index is 1130. The van der Waals surface area contributed by atoms with Gasteiger partial charge in [0, 0.05) is 5.92 Å². The number of hydrogen-bond donors (Lipinski definition) is 3. The number of primary amides is 1. The van der Waals surface area contributed by atoms with Crippen LogP contribution in [0.1, 0.15) is 28.8 Å². The van der Waals surface area contributed by atoms with Crippen LogP contribution < -0.4 is 11.1 Å².